The van der Waals surface area contributed by atoms with Gasteiger partial charge in [0.2, 0.25) is 0 Å². The first kappa shape index (κ1) is 11.4. The van der Waals surface area contributed by atoms with Crippen LogP contribution in [0.3, 0.4) is 0 Å². The summed E-state index contributed by atoms with van der Waals surface area (Å²) in [6, 6.07) is 14.8. The highest BCUT2D eigenvalue weighted by Crippen LogP contribution is 2.30. The van der Waals surface area contributed by atoms with Crippen molar-refractivity contribution in [2.75, 3.05) is 6.54 Å². The highest BCUT2D eigenvalue weighted by Gasteiger charge is 2.26. The fourth-order valence-corrected chi connectivity index (χ4v) is 2.83. The quantitative estimate of drug-likeness (QED) is 0.859. The Kier molecular flexibility index (Phi) is 3.42. The Morgan fingerprint density at radius 1 is 1.12 bits per heavy atom. The fraction of sp³-hybridized carbons (Fsp3) is 0.286. The van der Waals surface area contributed by atoms with E-state index in [-0.39, 0.29) is 5.41 Å². The lowest BCUT2D eigenvalue weighted by atomic mass is 9.82. The number of thiophene rings is 1. The fourth-order valence-electron chi connectivity index (χ4n) is 1.93. The van der Waals surface area contributed by atoms with Crippen LogP contribution in [-0.4, -0.2) is 6.54 Å². The number of nitrogens with two attached hydrogens (primary N) is 1. The van der Waals surface area contributed by atoms with Gasteiger partial charge in [0, 0.05) is 16.8 Å². The average Bonchev–Trinajstić information content (AvgIpc) is 2.84. The second-order valence-corrected chi connectivity index (χ2v) is 5.35. The molecule has 1 aromatic carbocycles. The number of benzene rings is 1. The van der Waals surface area contributed by atoms with Crippen LogP contribution in [0.2, 0.25) is 0 Å². The third-order valence-corrected chi connectivity index (χ3v) is 4.18. The van der Waals surface area contributed by atoms with Crippen LogP contribution in [0.4, 0.5) is 0 Å². The molecule has 0 amide bonds. The Bertz CT molecular complexity index is 421. The van der Waals surface area contributed by atoms with E-state index in [0.29, 0.717) is 6.54 Å². The molecule has 1 atom stereocenters. The zero-order valence-electron chi connectivity index (χ0n) is 9.52. The van der Waals surface area contributed by atoms with Crippen molar-refractivity contribution >= 4 is 11.3 Å². The van der Waals surface area contributed by atoms with Crippen molar-refractivity contribution in [3.63, 3.8) is 0 Å². The minimum absolute atomic E-state index is 0.0650. The van der Waals surface area contributed by atoms with Crippen LogP contribution in [0, 0.1) is 0 Å². The Morgan fingerprint density at radius 2 is 1.88 bits per heavy atom. The van der Waals surface area contributed by atoms with E-state index >= 15 is 0 Å². The molecule has 0 aliphatic heterocycles. The summed E-state index contributed by atoms with van der Waals surface area (Å²) in [6.45, 7) is 2.92. The second kappa shape index (κ2) is 4.81. The number of hydrogen-bond donors (Lipinski definition) is 1. The van der Waals surface area contributed by atoms with Gasteiger partial charge in [0.25, 0.3) is 0 Å². The minimum atomic E-state index is 0.0650. The Labute approximate surface area is 101 Å². The zero-order valence-corrected chi connectivity index (χ0v) is 10.3. The molecule has 0 spiro atoms. The molecule has 84 valence electrons. The molecule has 1 unspecified atom stereocenters. The molecule has 2 rings (SSSR count). The predicted molar refractivity (Wildman–Crippen MR) is 70.9 cm³/mol. The van der Waals surface area contributed by atoms with Crippen LogP contribution >= 0.6 is 11.3 Å². The first-order valence-electron chi connectivity index (χ1n) is 5.52. The van der Waals surface area contributed by atoms with Crippen LogP contribution in [0.5, 0.6) is 0 Å². The highest BCUT2D eigenvalue weighted by molar-refractivity contribution is 7.10. The van der Waals surface area contributed by atoms with Gasteiger partial charge in [-0.05, 0) is 23.4 Å². The monoisotopic (exact) mass is 231 g/mol. The molecular weight excluding hydrogens is 214 g/mol. The van der Waals surface area contributed by atoms with E-state index < -0.39 is 0 Å². The van der Waals surface area contributed by atoms with Gasteiger partial charge in [0.1, 0.15) is 0 Å². The lowest BCUT2D eigenvalue weighted by Gasteiger charge is -2.27. The molecule has 16 heavy (non-hydrogen) atoms. The standard InChI is InChI=1S/C14H17NS/c1-14(11-15,13-8-5-9-16-13)10-12-6-3-2-4-7-12/h2-9H,10-11,15H2,1H3. The van der Waals surface area contributed by atoms with Crippen LogP contribution in [0.15, 0.2) is 47.8 Å². The second-order valence-electron chi connectivity index (χ2n) is 4.40. The summed E-state index contributed by atoms with van der Waals surface area (Å²) in [4.78, 5) is 1.37. The largest absolute Gasteiger partial charge is 0.330 e. The van der Waals surface area contributed by atoms with Gasteiger partial charge < -0.3 is 5.73 Å². The number of hydrogen-bond acceptors (Lipinski definition) is 2. The molecule has 0 fully saturated rings. The highest BCUT2D eigenvalue weighted by atomic mass is 32.1. The molecule has 1 heterocycles. The summed E-state index contributed by atoms with van der Waals surface area (Å²) < 4.78 is 0. The van der Waals surface area contributed by atoms with Crippen LogP contribution in [0.1, 0.15) is 17.4 Å². The maximum Gasteiger partial charge on any atom is 0.0181 e. The van der Waals surface area contributed by atoms with Crippen molar-refractivity contribution in [3.8, 4) is 0 Å². The number of rotatable bonds is 4. The topological polar surface area (TPSA) is 26.0 Å². The van der Waals surface area contributed by atoms with Gasteiger partial charge in [0.05, 0.1) is 0 Å². The smallest absolute Gasteiger partial charge is 0.0181 e. The molecule has 2 aromatic rings. The molecule has 2 heteroatoms. The average molecular weight is 231 g/mol. The van der Waals surface area contributed by atoms with E-state index in [1.165, 1.54) is 10.4 Å². The molecule has 0 aliphatic carbocycles. The molecule has 0 radical (unpaired) electrons. The lowest BCUT2D eigenvalue weighted by molar-refractivity contribution is 0.491. The first-order valence-corrected chi connectivity index (χ1v) is 6.40. The summed E-state index contributed by atoms with van der Waals surface area (Å²) in [5.74, 6) is 0. The molecular formula is C14H17NS. The molecule has 2 N–H and O–H groups in total. The third-order valence-electron chi connectivity index (χ3n) is 3.00. The Balaban J connectivity index is 2.23. The summed E-state index contributed by atoms with van der Waals surface area (Å²) >= 11 is 1.79. The van der Waals surface area contributed by atoms with Gasteiger partial charge in [-0.15, -0.1) is 11.3 Å². The van der Waals surface area contributed by atoms with Crippen molar-refractivity contribution in [2.24, 2.45) is 5.73 Å². The van der Waals surface area contributed by atoms with Crippen molar-refractivity contribution in [3.05, 3.63) is 58.3 Å². The van der Waals surface area contributed by atoms with Gasteiger partial charge in [-0.3, -0.25) is 0 Å². The Morgan fingerprint density at radius 3 is 2.44 bits per heavy atom. The van der Waals surface area contributed by atoms with Gasteiger partial charge in [0.15, 0.2) is 0 Å². The van der Waals surface area contributed by atoms with E-state index in [1.807, 2.05) is 0 Å². The minimum Gasteiger partial charge on any atom is -0.330 e. The van der Waals surface area contributed by atoms with Crippen LogP contribution < -0.4 is 5.73 Å². The van der Waals surface area contributed by atoms with Crippen LogP contribution in [0.25, 0.3) is 0 Å². The van der Waals surface area contributed by atoms with Gasteiger partial charge in [-0.25, -0.2) is 0 Å². The molecule has 1 aromatic heterocycles. The summed E-state index contributed by atoms with van der Waals surface area (Å²) in [5.41, 5.74) is 7.37. The maximum absolute atomic E-state index is 5.95. The summed E-state index contributed by atoms with van der Waals surface area (Å²) in [7, 11) is 0. The third kappa shape index (κ3) is 2.34. The molecule has 0 bridgehead atoms. The van der Waals surface area contributed by atoms with Gasteiger partial charge in [-0.2, -0.15) is 0 Å². The van der Waals surface area contributed by atoms with Gasteiger partial charge >= 0.3 is 0 Å². The molecule has 1 nitrogen and oxygen atoms in total. The van der Waals surface area contributed by atoms with E-state index in [2.05, 4.69) is 54.8 Å². The van der Waals surface area contributed by atoms with E-state index in [4.69, 9.17) is 5.73 Å². The molecule has 0 saturated carbocycles. The summed E-state index contributed by atoms with van der Waals surface area (Å²) in [6.07, 6.45) is 1.00. The predicted octanol–water partition coefficient (Wildman–Crippen LogP) is 3.21. The van der Waals surface area contributed by atoms with E-state index in [9.17, 15) is 0 Å². The normalized spacial score (nSPS) is 14.6. The van der Waals surface area contributed by atoms with Crippen molar-refractivity contribution in [2.45, 2.75) is 18.8 Å². The Hall–Kier alpha value is -1.12. The molecule has 0 saturated heterocycles. The SMILES string of the molecule is CC(CN)(Cc1ccccc1)c1cccs1. The maximum atomic E-state index is 5.95. The summed E-state index contributed by atoms with van der Waals surface area (Å²) in [5, 5.41) is 2.12. The van der Waals surface area contributed by atoms with Crippen molar-refractivity contribution < 1.29 is 0 Å². The van der Waals surface area contributed by atoms with Crippen LogP contribution in [-0.2, 0) is 11.8 Å². The molecule has 0 aliphatic rings. The zero-order chi connectivity index (χ0) is 11.4. The van der Waals surface area contributed by atoms with E-state index in [1.54, 1.807) is 11.3 Å². The lowest BCUT2D eigenvalue weighted by Crippen LogP contribution is -2.33. The van der Waals surface area contributed by atoms with E-state index in [0.717, 1.165) is 6.42 Å². The first-order chi connectivity index (χ1) is 7.74. The van der Waals surface area contributed by atoms with Crippen molar-refractivity contribution in [1.29, 1.82) is 0 Å². The van der Waals surface area contributed by atoms with Crippen molar-refractivity contribution in [1.82, 2.24) is 0 Å². The van der Waals surface area contributed by atoms with Gasteiger partial charge in [-0.1, -0.05) is 43.3 Å².